The molecule has 0 heterocycles. The van der Waals surface area contributed by atoms with Gasteiger partial charge in [-0.15, -0.1) is 30.6 Å². The third kappa shape index (κ3) is 6.56. The van der Waals surface area contributed by atoms with Gasteiger partial charge in [0.15, 0.2) is 5.96 Å². The summed E-state index contributed by atoms with van der Waals surface area (Å²) in [5.74, 6) is 0.607. The zero-order valence-corrected chi connectivity index (χ0v) is 13.7. The van der Waals surface area contributed by atoms with Crippen molar-refractivity contribution in [3.8, 4) is 0 Å². The van der Waals surface area contributed by atoms with Crippen molar-refractivity contribution in [3.05, 3.63) is 48.3 Å². The second-order valence-electron chi connectivity index (χ2n) is 3.97. The van der Waals surface area contributed by atoms with Crippen LogP contribution in [0.15, 0.2) is 41.9 Å². The highest BCUT2D eigenvalue weighted by Gasteiger charge is 2.05. The third-order valence-electron chi connectivity index (χ3n) is 2.40. The first-order valence-corrected chi connectivity index (χ1v) is 6.02. The van der Waals surface area contributed by atoms with Gasteiger partial charge in [-0.05, 0) is 24.6 Å². The van der Waals surface area contributed by atoms with E-state index in [0.29, 0.717) is 13.1 Å². The fourth-order valence-electron chi connectivity index (χ4n) is 1.56. The van der Waals surface area contributed by atoms with E-state index in [9.17, 15) is 4.39 Å². The molecule has 0 bridgehead atoms. The molecule has 0 saturated carbocycles. The van der Waals surface area contributed by atoms with Crippen LogP contribution in [0.4, 0.5) is 4.39 Å². The quantitative estimate of drug-likeness (QED) is 0.370. The third-order valence-corrected chi connectivity index (χ3v) is 2.40. The number of benzene rings is 1. The molecule has 5 heteroatoms. The number of hydrogen-bond donors (Lipinski definition) is 1. The average molecular weight is 377 g/mol. The Balaban J connectivity index is 0.00000324. The predicted octanol–water partition coefficient (Wildman–Crippen LogP) is 3.03. The van der Waals surface area contributed by atoms with Crippen LogP contribution in [0.1, 0.15) is 12.5 Å². The van der Waals surface area contributed by atoms with E-state index >= 15 is 0 Å². The SMILES string of the molecule is C=CCN=C(NCC)N(C)Cc1ccc(F)cc1.I. The summed E-state index contributed by atoms with van der Waals surface area (Å²) < 4.78 is 12.8. The minimum Gasteiger partial charge on any atom is -0.357 e. The molecule has 1 N–H and O–H groups in total. The molecule has 1 aromatic rings. The largest absolute Gasteiger partial charge is 0.357 e. The van der Waals surface area contributed by atoms with Gasteiger partial charge in [0.25, 0.3) is 0 Å². The Kier molecular flexibility index (Phi) is 9.20. The van der Waals surface area contributed by atoms with Crippen molar-refractivity contribution in [1.82, 2.24) is 10.2 Å². The van der Waals surface area contributed by atoms with Crippen LogP contribution >= 0.6 is 24.0 Å². The topological polar surface area (TPSA) is 27.6 Å². The van der Waals surface area contributed by atoms with Crippen molar-refractivity contribution in [2.45, 2.75) is 13.5 Å². The highest BCUT2D eigenvalue weighted by atomic mass is 127. The molecule has 0 amide bonds. The molecule has 0 atom stereocenters. The second-order valence-corrected chi connectivity index (χ2v) is 3.97. The van der Waals surface area contributed by atoms with Gasteiger partial charge in [0, 0.05) is 20.1 Å². The Morgan fingerprint density at radius 3 is 2.58 bits per heavy atom. The summed E-state index contributed by atoms with van der Waals surface area (Å²) in [5, 5.41) is 3.20. The maximum absolute atomic E-state index is 12.8. The number of nitrogens with one attached hydrogen (secondary N) is 1. The lowest BCUT2D eigenvalue weighted by Crippen LogP contribution is -2.38. The van der Waals surface area contributed by atoms with E-state index in [4.69, 9.17) is 0 Å². The Morgan fingerprint density at radius 1 is 1.42 bits per heavy atom. The number of guanidine groups is 1. The minimum atomic E-state index is -0.214. The number of aliphatic imine (C=N–C) groups is 1. The molecule has 0 saturated heterocycles. The first-order chi connectivity index (χ1) is 8.67. The summed E-state index contributed by atoms with van der Waals surface area (Å²) in [6.07, 6.45) is 1.75. The molecule has 0 aromatic heterocycles. The highest BCUT2D eigenvalue weighted by molar-refractivity contribution is 14.0. The number of halogens is 2. The van der Waals surface area contributed by atoms with Crippen LogP contribution < -0.4 is 5.32 Å². The lowest BCUT2D eigenvalue weighted by Gasteiger charge is -2.22. The molecule has 19 heavy (non-hydrogen) atoms. The van der Waals surface area contributed by atoms with Gasteiger partial charge < -0.3 is 10.2 Å². The van der Waals surface area contributed by atoms with Gasteiger partial charge >= 0.3 is 0 Å². The van der Waals surface area contributed by atoms with Crippen LogP contribution in [0.3, 0.4) is 0 Å². The molecule has 1 aromatic carbocycles. The van der Waals surface area contributed by atoms with E-state index in [2.05, 4.69) is 16.9 Å². The van der Waals surface area contributed by atoms with Crippen LogP contribution in [0.2, 0.25) is 0 Å². The van der Waals surface area contributed by atoms with E-state index in [1.165, 1.54) is 12.1 Å². The normalized spacial score (nSPS) is 10.6. The van der Waals surface area contributed by atoms with Crippen LogP contribution in [-0.2, 0) is 6.54 Å². The van der Waals surface area contributed by atoms with E-state index < -0.39 is 0 Å². The zero-order valence-electron chi connectivity index (χ0n) is 11.4. The number of hydrogen-bond acceptors (Lipinski definition) is 1. The van der Waals surface area contributed by atoms with Gasteiger partial charge in [-0.3, -0.25) is 0 Å². The molecule has 0 unspecified atom stereocenters. The highest BCUT2D eigenvalue weighted by Crippen LogP contribution is 2.05. The van der Waals surface area contributed by atoms with Gasteiger partial charge in [0.2, 0.25) is 0 Å². The van der Waals surface area contributed by atoms with Crippen molar-refractivity contribution in [3.63, 3.8) is 0 Å². The fourth-order valence-corrected chi connectivity index (χ4v) is 1.56. The first kappa shape index (κ1) is 17.9. The van der Waals surface area contributed by atoms with Gasteiger partial charge in [-0.1, -0.05) is 18.2 Å². The van der Waals surface area contributed by atoms with Crippen LogP contribution in [0.25, 0.3) is 0 Å². The average Bonchev–Trinajstić information content (AvgIpc) is 2.37. The molecule has 0 fully saturated rings. The van der Waals surface area contributed by atoms with E-state index in [-0.39, 0.29) is 29.8 Å². The standard InChI is InChI=1S/C14H20FN3.HI/c1-4-10-17-14(16-5-2)18(3)11-12-6-8-13(15)9-7-12;/h4,6-9H,1,5,10-11H2,2-3H3,(H,16,17);1H. The van der Waals surface area contributed by atoms with Gasteiger partial charge in [0.1, 0.15) is 5.82 Å². The molecule has 3 nitrogen and oxygen atoms in total. The fraction of sp³-hybridized carbons (Fsp3) is 0.357. The summed E-state index contributed by atoms with van der Waals surface area (Å²) in [6.45, 7) is 7.75. The molecule has 0 aliphatic carbocycles. The first-order valence-electron chi connectivity index (χ1n) is 6.02. The summed E-state index contributed by atoms with van der Waals surface area (Å²) in [5.41, 5.74) is 1.04. The van der Waals surface area contributed by atoms with Gasteiger partial charge in [0.05, 0.1) is 6.54 Å². The maximum Gasteiger partial charge on any atom is 0.194 e. The van der Waals surface area contributed by atoms with Gasteiger partial charge in [-0.2, -0.15) is 0 Å². The van der Waals surface area contributed by atoms with Crippen molar-refractivity contribution in [1.29, 1.82) is 0 Å². The molecule has 1 rings (SSSR count). The zero-order chi connectivity index (χ0) is 13.4. The summed E-state index contributed by atoms with van der Waals surface area (Å²) in [7, 11) is 1.95. The lowest BCUT2D eigenvalue weighted by atomic mass is 10.2. The molecule has 106 valence electrons. The summed E-state index contributed by atoms with van der Waals surface area (Å²) in [6, 6.07) is 6.50. The number of nitrogens with zero attached hydrogens (tertiary/aromatic N) is 2. The Bertz CT molecular complexity index is 404. The second kappa shape index (κ2) is 9.77. The van der Waals surface area contributed by atoms with Crippen LogP contribution in [-0.4, -0.2) is 31.0 Å². The molecule has 0 radical (unpaired) electrons. The Labute approximate surface area is 131 Å². The summed E-state index contributed by atoms with van der Waals surface area (Å²) in [4.78, 5) is 6.39. The monoisotopic (exact) mass is 377 g/mol. The summed E-state index contributed by atoms with van der Waals surface area (Å²) >= 11 is 0. The van der Waals surface area contributed by atoms with Crippen LogP contribution in [0.5, 0.6) is 0 Å². The van der Waals surface area contributed by atoms with Gasteiger partial charge in [-0.25, -0.2) is 9.38 Å². The van der Waals surface area contributed by atoms with Crippen LogP contribution in [0, 0.1) is 5.82 Å². The van der Waals surface area contributed by atoms with E-state index in [1.54, 1.807) is 18.2 Å². The van der Waals surface area contributed by atoms with E-state index in [1.807, 2.05) is 18.9 Å². The van der Waals surface area contributed by atoms with E-state index in [0.717, 1.165) is 18.1 Å². The number of rotatable bonds is 5. The predicted molar refractivity (Wildman–Crippen MR) is 89.5 cm³/mol. The molecular weight excluding hydrogens is 356 g/mol. The molecule has 0 aliphatic heterocycles. The van der Waals surface area contributed by atoms with Crippen molar-refractivity contribution >= 4 is 29.9 Å². The molecule has 0 spiro atoms. The molecule has 0 aliphatic rings. The van der Waals surface area contributed by atoms with Crippen molar-refractivity contribution in [2.24, 2.45) is 4.99 Å². The maximum atomic E-state index is 12.8. The molecular formula is C14H21FIN3. The minimum absolute atomic E-state index is 0. The Hall–Kier alpha value is -1.11. The smallest absolute Gasteiger partial charge is 0.194 e. The van der Waals surface area contributed by atoms with Crippen molar-refractivity contribution in [2.75, 3.05) is 20.1 Å². The van der Waals surface area contributed by atoms with Crippen molar-refractivity contribution < 1.29 is 4.39 Å². The Morgan fingerprint density at radius 2 is 2.05 bits per heavy atom. The lowest BCUT2D eigenvalue weighted by molar-refractivity contribution is 0.477.